The van der Waals surface area contributed by atoms with Crippen LogP contribution in [0.4, 0.5) is 35.1 Å². The van der Waals surface area contributed by atoms with E-state index in [1.807, 2.05) is 0 Å². The van der Waals surface area contributed by atoms with Gasteiger partial charge in [0.2, 0.25) is 0 Å². The number of alkyl halides is 6. The molecule has 4 aromatic rings. The summed E-state index contributed by atoms with van der Waals surface area (Å²) in [6.07, 6.45) is 1.30. The number of nitrogens with zero attached hydrogens (tertiary/aromatic N) is 4. The summed E-state index contributed by atoms with van der Waals surface area (Å²) in [5, 5.41) is 0. The van der Waals surface area contributed by atoms with E-state index < -0.39 is 40.5 Å². The van der Waals surface area contributed by atoms with Gasteiger partial charge in [0, 0.05) is 78.5 Å². The quantitative estimate of drug-likeness (QED) is 0.0661. The van der Waals surface area contributed by atoms with Crippen LogP contribution in [0.25, 0.3) is 0 Å². The highest BCUT2D eigenvalue weighted by Crippen LogP contribution is 2.33. The zero-order valence-corrected chi connectivity index (χ0v) is 37.5. The minimum atomic E-state index is -5.40. The minimum absolute atomic E-state index is 0.0833. The molecule has 66 heavy (non-hydrogen) atoms. The van der Waals surface area contributed by atoms with E-state index in [9.17, 15) is 52.0 Å². The Labute approximate surface area is 379 Å². The Morgan fingerprint density at radius 2 is 0.833 bits per heavy atom. The second kappa shape index (κ2) is 24.3. The fourth-order valence-electron chi connectivity index (χ4n) is 6.83. The van der Waals surface area contributed by atoms with Gasteiger partial charge in [-0.3, -0.25) is 9.80 Å². The van der Waals surface area contributed by atoms with Gasteiger partial charge < -0.3 is 28.7 Å². The highest BCUT2D eigenvalue weighted by atomic mass is 32.2. The maximum Gasteiger partial charge on any atom is 0.501 e. The molecule has 2 aliphatic rings. The average molecular weight is 981 g/mol. The normalized spacial score (nSPS) is 16.0. The molecule has 0 aliphatic carbocycles. The Balaban J connectivity index is 0.000000247. The van der Waals surface area contributed by atoms with E-state index in [1.54, 1.807) is 30.3 Å². The third-order valence-corrected chi connectivity index (χ3v) is 13.5. The number of hydrogen-bond donors (Lipinski definition) is 0. The second-order valence-electron chi connectivity index (χ2n) is 15.2. The molecule has 364 valence electrons. The Morgan fingerprint density at radius 1 is 0.439 bits per heavy atom. The number of ether oxygens (including phenoxy) is 4. The van der Waals surface area contributed by atoms with E-state index in [0.29, 0.717) is 38.3 Å². The first-order valence-electron chi connectivity index (χ1n) is 21.1. The summed E-state index contributed by atoms with van der Waals surface area (Å²) in [5.74, 6) is 0.380. The van der Waals surface area contributed by atoms with Crippen LogP contribution in [0.3, 0.4) is 0 Å². The summed E-state index contributed by atoms with van der Waals surface area (Å²) >= 11 is 0. The Morgan fingerprint density at radius 3 is 1.26 bits per heavy atom. The molecular formula is C44H52F8N4O8S2. The van der Waals surface area contributed by atoms with Crippen LogP contribution in [0.5, 0.6) is 23.0 Å². The molecule has 0 atom stereocenters. The van der Waals surface area contributed by atoms with Gasteiger partial charge in [-0.25, -0.2) is 25.6 Å². The highest BCUT2D eigenvalue weighted by molar-refractivity contribution is 7.92. The van der Waals surface area contributed by atoms with Crippen molar-refractivity contribution in [2.45, 2.75) is 33.6 Å². The van der Waals surface area contributed by atoms with E-state index in [0.717, 1.165) is 96.3 Å². The van der Waals surface area contributed by atoms with Crippen molar-refractivity contribution >= 4 is 19.7 Å². The van der Waals surface area contributed by atoms with E-state index in [-0.39, 0.29) is 42.1 Å². The van der Waals surface area contributed by atoms with Crippen LogP contribution in [0.1, 0.15) is 12.8 Å². The molecule has 2 heterocycles. The number of piperazine rings is 2. The highest BCUT2D eigenvalue weighted by Gasteiger charge is 2.47. The van der Waals surface area contributed by atoms with Crippen molar-refractivity contribution in [2.75, 3.05) is 105 Å². The van der Waals surface area contributed by atoms with Crippen molar-refractivity contribution in [3.05, 3.63) is 109 Å². The average Bonchev–Trinajstić information content (AvgIpc) is 3.28. The molecule has 0 unspecified atom stereocenters. The third kappa shape index (κ3) is 16.0. The van der Waals surface area contributed by atoms with Gasteiger partial charge in [0.05, 0.1) is 23.0 Å². The molecule has 2 aliphatic heterocycles. The summed E-state index contributed by atoms with van der Waals surface area (Å²) in [5.41, 5.74) is -10.7. The largest absolute Gasteiger partial charge is 0.501 e. The smallest absolute Gasteiger partial charge is 0.494 e. The fraction of sp³-hybridized carbons (Fsp3) is 0.455. The van der Waals surface area contributed by atoms with E-state index in [2.05, 4.69) is 19.6 Å². The van der Waals surface area contributed by atoms with Gasteiger partial charge in [-0.2, -0.15) is 26.3 Å². The van der Waals surface area contributed by atoms with Gasteiger partial charge in [-0.15, -0.1) is 0 Å². The lowest BCUT2D eigenvalue weighted by molar-refractivity contribution is -0.0442. The van der Waals surface area contributed by atoms with Crippen molar-refractivity contribution in [1.82, 2.24) is 19.6 Å². The first kappa shape index (κ1) is 52.2. The molecule has 6 rings (SSSR count). The van der Waals surface area contributed by atoms with Crippen LogP contribution in [-0.2, 0) is 19.7 Å². The van der Waals surface area contributed by atoms with Crippen LogP contribution in [0, 0.1) is 11.6 Å². The number of sulfone groups is 2. The predicted octanol–water partition coefficient (Wildman–Crippen LogP) is 7.17. The molecular weight excluding hydrogens is 929 g/mol. The summed E-state index contributed by atoms with van der Waals surface area (Å²) in [6, 6.07) is 21.1. The van der Waals surface area contributed by atoms with Gasteiger partial charge in [-0.05, 0) is 85.6 Å². The number of para-hydroxylation sites is 1. The molecule has 2 saturated heterocycles. The van der Waals surface area contributed by atoms with Gasteiger partial charge in [0.1, 0.15) is 36.3 Å². The van der Waals surface area contributed by atoms with E-state index in [4.69, 9.17) is 18.9 Å². The molecule has 0 bridgehead atoms. The maximum atomic E-state index is 13.6. The first-order chi connectivity index (χ1) is 31.3. The second-order valence-corrected chi connectivity index (χ2v) is 19.1. The molecule has 0 radical (unpaired) electrons. The van der Waals surface area contributed by atoms with Gasteiger partial charge >= 0.3 is 11.0 Å². The van der Waals surface area contributed by atoms with Crippen LogP contribution < -0.4 is 18.9 Å². The molecule has 0 N–H and O–H groups in total. The summed E-state index contributed by atoms with van der Waals surface area (Å²) in [7, 11) is -10.8. The van der Waals surface area contributed by atoms with Gasteiger partial charge in [-0.1, -0.05) is 24.3 Å². The van der Waals surface area contributed by atoms with Crippen LogP contribution in [0.2, 0.25) is 0 Å². The lowest BCUT2D eigenvalue weighted by Crippen LogP contribution is -2.47. The molecule has 12 nitrogen and oxygen atoms in total. The predicted molar refractivity (Wildman–Crippen MR) is 229 cm³/mol. The first-order valence-corrected chi connectivity index (χ1v) is 24.0. The van der Waals surface area contributed by atoms with Crippen LogP contribution in [-0.4, -0.2) is 152 Å². The number of hydrogen-bond acceptors (Lipinski definition) is 12. The molecule has 22 heteroatoms. The van der Waals surface area contributed by atoms with E-state index >= 15 is 0 Å². The topological polar surface area (TPSA) is 118 Å². The van der Waals surface area contributed by atoms with Crippen molar-refractivity contribution in [2.24, 2.45) is 0 Å². The zero-order valence-electron chi connectivity index (χ0n) is 35.9. The maximum absolute atomic E-state index is 13.6. The van der Waals surface area contributed by atoms with Crippen molar-refractivity contribution in [3.8, 4) is 23.0 Å². The van der Waals surface area contributed by atoms with Crippen molar-refractivity contribution in [1.29, 1.82) is 0 Å². The SMILES string of the molecule is O=S(=O)(c1cccc(OCCCN2CCN(CCOc3ccc(F)cc3)CC2)c1)C(F)(F)F.O=S(=O)(c1cccc(OCCCN2CCN(CCOc3ccccc3F)CC2)c1)C(F)(F)F. The number of rotatable bonds is 20. The zero-order chi connectivity index (χ0) is 47.8. The van der Waals surface area contributed by atoms with Crippen molar-refractivity contribution < 1.29 is 70.9 Å². The lowest BCUT2D eigenvalue weighted by Gasteiger charge is -2.34. The molecule has 0 spiro atoms. The van der Waals surface area contributed by atoms with Crippen molar-refractivity contribution in [3.63, 3.8) is 0 Å². The number of halogens is 8. The van der Waals surface area contributed by atoms with E-state index in [1.165, 1.54) is 42.5 Å². The summed E-state index contributed by atoms with van der Waals surface area (Å²) in [6.45, 7) is 11.3. The van der Waals surface area contributed by atoms with Gasteiger partial charge in [0.25, 0.3) is 19.7 Å². The lowest BCUT2D eigenvalue weighted by atomic mass is 10.3. The van der Waals surface area contributed by atoms with Crippen LogP contribution in [0.15, 0.2) is 107 Å². The standard InChI is InChI=1S/2C22H26F4N2O4S/c23-18-5-7-19(8-6-18)32-16-14-28-12-10-27(11-13-28)9-2-15-31-20-3-1-4-21(17-20)33(29,30)22(24,25)26;23-20-7-1-2-8-21(20)32-16-14-28-12-10-27(11-13-28)9-4-15-31-18-5-3-6-19(17-18)33(29,30)22(24,25)26/h1,3-8,17H,2,9-16H2;1-3,5-8,17H,4,9-16H2. The molecule has 2 fully saturated rings. The molecule has 0 amide bonds. The Hall–Kier alpha value is -4.74. The monoisotopic (exact) mass is 980 g/mol. The minimum Gasteiger partial charge on any atom is -0.494 e. The molecule has 4 aromatic carbocycles. The van der Waals surface area contributed by atoms with Crippen LogP contribution >= 0.6 is 0 Å². The molecule has 0 saturated carbocycles. The number of benzene rings is 4. The third-order valence-electron chi connectivity index (χ3n) is 10.5. The fourth-order valence-corrected chi connectivity index (χ4v) is 8.42. The summed E-state index contributed by atoms with van der Waals surface area (Å²) in [4.78, 5) is 7.38. The Bertz CT molecular complexity index is 2330. The summed E-state index contributed by atoms with van der Waals surface area (Å²) < 4.78 is 171. The Kier molecular flexibility index (Phi) is 19.3. The van der Waals surface area contributed by atoms with Gasteiger partial charge in [0.15, 0.2) is 11.6 Å². The molecule has 0 aromatic heterocycles.